The van der Waals surface area contributed by atoms with Gasteiger partial charge in [-0.1, -0.05) is 35.9 Å². The van der Waals surface area contributed by atoms with Crippen LogP contribution < -0.4 is 15.8 Å². The van der Waals surface area contributed by atoms with Crippen molar-refractivity contribution in [3.63, 3.8) is 0 Å². The van der Waals surface area contributed by atoms with Crippen molar-refractivity contribution in [3.8, 4) is 11.6 Å². The maximum Gasteiger partial charge on any atom is 0.317 e. The topological polar surface area (TPSA) is 115 Å². The van der Waals surface area contributed by atoms with Crippen LogP contribution in [0.3, 0.4) is 0 Å². The number of anilines is 1. The predicted octanol–water partition coefficient (Wildman–Crippen LogP) is 4.57. The van der Waals surface area contributed by atoms with E-state index in [-0.39, 0.29) is 23.3 Å². The van der Waals surface area contributed by atoms with Crippen molar-refractivity contribution in [2.24, 2.45) is 5.73 Å². The van der Waals surface area contributed by atoms with E-state index in [0.717, 1.165) is 31.6 Å². The summed E-state index contributed by atoms with van der Waals surface area (Å²) < 4.78 is 37.8. The summed E-state index contributed by atoms with van der Waals surface area (Å²) >= 11 is 6.19. The largest absolute Gasteiger partial charge is 0.472 e. The first-order valence-corrected chi connectivity index (χ1v) is 12.8. The fourth-order valence-electron chi connectivity index (χ4n) is 3.99. The van der Waals surface area contributed by atoms with Crippen LogP contribution in [0, 0.1) is 11.6 Å². The van der Waals surface area contributed by atoms with Crippen molar-refractivity contribution in [2.45, 2.75) is 31.8 Å². The number of urea groups is 1. The second-order valence-electron chi connectivity index (χ2n) is 9.76. The van der Waals surface area contributed by atoms with Crippen LogP contribution in [0.4, 0.5) is 19.4 Å². The van der Waals surface area contributed by atoms with Gasteiger partial charge in [0.15, 0.2) is 17.5 Å². The van der Waals surface area contributed by atoms with E-state index < -0.39 is 23.3 Å². The Morgan fingerprint density at radius 2 is 1.95 bits per heavy atom. The maximum absolute atomic E-state index is 13.1. The zero-order valence-corrected chi connectivity index (χ0v) is 22.9. The monoisotopic (exact) mass is 565 g/mol. The third-order valence-corrected chi connectivity index (χ3v) is 6.24. The van der Waals surface area contributed by atoms with Crippen molar-refractivity contribution in [1.29, 1.82) is 0 Å². The number of primary amides is 1. The van der Waals surface area contributed by atoms with E-state index in [0.29, 0.717) is 18.2 Å². The number of aromatic nitrogens is 2. The summed E-state index contributed by atoms with van der Waals surface area (Å²) in [6.45, 7) is 6.69. The molecular weight excluding hydrogens is 532 g/mol. The van der Waals surface area contributed by atoms with Crippen LogP contribution in [-0.4, -0.2) is 71.4 Å². The molecule has 4 N–H and O–H groups in total. The Hall–Kier alpha value is -3.25. The average Bonchev–Trinajstić information content (AvgIpc) is 3.48. The van der Waals surface area contributed by atoms with Crippen LogP contribution in [-0.2, 0) is 4.74 Å². The molecule has 1 aromatic heterocycles. The summed E-state index contributed by atoms with van der Waals surface area (Å²) in [7, 11) is 1.68. The van der Waals surface area contributed by atoms with Crippen molar-refractivity contribution < 1.29 is 28.2 Å². The van der Waals surface area contributed by atoms with Crippen molar-refractivity contribution >= 4 is 23.4 Å². The number of nitrogens with zero attached hydrogens (tertiary/aromatic N) is 3. The highest BCUT2D eigenvalue weighted by Crippen LogP contribution is 2.34. The molecule has 1 fully saturated rings. The minimum atomic E-state index is -1.04. The zero-order valence-electron chi connectivity index (χ0n) is 22.2. The summed E-state index contributed by atoms with van der Waals surface area (Å²) in [5.74, 6) is -0.926. The number of nitrogens with two attached hydrogens (primary N) is 1. The molecule has 2 aromatic carbocycles. The lowest BCUT2D eigenvalue weighted by Gasteiger charge is -2.16. The van der Waals surface area contributed by atoms with E-state index >= 15 is 0 Å². The first-order valence-electron chi connectivity index (χ1n) is 12.4. The molecule has 0 saturated carbocycles. The van der Waals surface area contributed by atoms with Crippen LogP contribution in [0.1, 0.15) is 31.7 Å². The molecule has 12 heteroatoms. The number of benzene rings is 2. The molecule has 2 heterocycles. The number of carbonyl (C=O) groups is 1. The number of rotatable bonds is 9. The Bertz CT molecular complexity index is 1240. The highest BCUT2D eigenvalue weighted by molar-refractivity contribution is 6.34. The number of aliphatic hydroxyl groups is 1. The molecule has 1 aliphatic heterocycles. The first-order chi connectivity index (χ1) is 18.5. The van der Waals surface area contributed by atoms with Gasteiger partial charge in [0.1, 0.15) is 11.6 Å². The summed E-state index contributed by atoms with van der Waals surface area (Å²) in [6, 6.07) is 12.5. The Morgan fingerprint density at radius 3 is 2.56 bits per heavy atom. The average molecular weight is 566 g/mol. The normalized spacial score (nSPS) is 15.5. The molecule has 0 bridgehead atoms. The van der Waals surface area contributed by atoms with Crippen molar-refractivity contribution in [2.75, 3.05) is 45.3 Å². The zero-order chi connectivity index (χ0) is 28.6. The minimum Gasteiger partial charge on any atom is -0.472 e. The lowest BCUT2D eigenvalue weighted by molar-refractivity contribution is 0.0267. The number of para-hydroxylation sites is 1. The number of likely N-dealkylation sites (tertiary alicyclic amines) is 1. The van der Waals surface area contributed by atoms with E-state index in [1.807, 2.05) is 18.2 Å². The number of hydrogen-bond acceptors (Lipinski definition) is 6. The standard InChI is InChI=1S/C14H17ClN4O3.C13H17F2NO/c1-14(2,21)8-22-12-10(15)11(17-13(16)20)19(18-12)9-6-4-3-5-7-9;1-17-7-6-16-5-4-11(9-16)10-2-3-12(14)13(15)8-10/h3-7,21H,8H2,1-2H3,(H3,16,17,20);2-3,8,11H,4-7,9H2,1H3. The number of nitrogens with one attached hydrogen (secondary N) is 1. The number of halogens is 3. The van der Waals surface area contributed by atoms with Gasteiger partial charge in [-0.3, -0.25) is 5.32 Å². The van der Waals surface area contributed by atoms with E-state index in [4.69, 9.17) is 26.8 Å². The van der Waals surface area contributed by atoms with Gasteiger partial charge in [0.25, 0.3) is 5.88 Å². The molecule has 0 radical (unpaired) electrons. The van der Waals surface area contributed by atoms with Gasteiger partial charge in [0.05, 0.1) is 17.9 Å². The smallest absolute Gasteiger partial charge is 0.317 e. The van der Waals surface area contributed by atoms with Crippen LogP contribution in [0.25, 0.3) is 5.69 Å². The number of hydrogen-bond donors (Lipinski definition) is 3. The van der Waals surface area contributed by atoms with E-state index in [1.54, 1.807) is 39.2 Å². The molecule has 3 aromatic rings. The second-order valence-corrected chi connectivity index (χ2v) is 10.1. The van der Waals surface area contributed by atoms with Crippen LogP contribution in [0.2, 0.25) is 5.02 Å². The molecule has 1 atom stereocenters. The summed E-state index contributed by atoms with van der Waals surface area (Å²) in [5.41, 5.74) is 5.68. The molecule has 212 valence electrons. The predicted molar refractivity (Wildman–Crippen MR) is 146 cm³/mol. The number of ether oxygens (including phenoxy) is 2. The molecular formula is C27H34ClF2N5O4. The van der Waals surface area contributed by atoms with Crippen LogP contribution in [0.15, 0.2) is 48.5 Å². The van der Waals surface area contributed by atoms with Crippen molar-refractivity contribution in [1.82, 2.24) is 14.7 Å². The van der Waals surface area contributed by atoms with Gasteiger partial charge in [-0.15, -0.1) is 5.10 Å². The van der Waals surface area contributed by atoms with Gasteiger partial charge in [-0.05, 0) is 62.6 Å². The lowest BCUT2D eigenvalue weighted by atomic mass is 9.98. The lowest BCUT2D eigenvalue weighted by Crippen LogP contribution is -2.28. The summed E-state index contributed by atoms with van der Waals surface area (Å²) in [5, 5.41) is 16.5. The summed E-state index contributed by atoms with van der Waals surface area (Å²) in [4.78, 5) is 13.4. The number of carbonyl (C=O) groups excluding carboxylic acids is 1. The minimum absolute atomic E-state index is 0.00542. The molecule has 1 aliphatic rings. The van der Waals surface area contributed by atoms with Gasteiger partial charge in [-0.25, -0.2) is 18.3 Å². The third-order valence-electron chi connectivity index (χ3n) is 5.90. The molecule has 4 rings (SSSR count). The number of amides is 2. The molecule has 39 heavy (non-hydrogen) atoms. The van der Waals surface area contributed by atoms with E-state index in [9.17, 15) is 18.7 Å². The SMILES string of the molecule is CC(C)(O)COc1nn(-c2ccccc2)c(NC(N)=O)c1Cl.COCCN1CCC(c2ccc(F)c(F)c2)C1. The van der Waals surface area contributed by atoms with Crippen molar-refractivity contribution in [3.05, 3.63) is 70.8 Å². The second kappa shape index (κ2) is 13.7. The quantitative estimate of drug-likeness (QED) is 0.350. The molecule has 1 saturated heterocycles. The Balaban J connectivity index is 0.000000223. The van der Waals surface area contributed by atoms with Gasteiger partial charge < -0.3 is 25.2 Å². The molecule has 1 unspecified atom stereocenters. The highest BCUT2D eigenvalue weighted by atomic mass is 35.5. The Morgan fingerprint density at radius 1 is 1.23 bits per heavy atom. The van der Waals surface area contributed by atoms with Gasteiger partial charge in [-0.2, -0.15) is 0 Å². The molecule has 2 amide bonds. The first kappa shape index (κ1) is 30.3. The highest BCUT2D eigenvalue weighted by Gasteiger charge is 2.24. The van der Waals surface area contributed by atoms with Crippen LogP contribution in [0.5, 0.6) is 5.88 Å². The molecule has 9 nitrogen and oxygen atoms in total. The summed E-state index contributed by atoms with van der Waals surface area (Å²) in [6.07, 6.45) is 0.995. The Labute approximate surface area is 231 Å². The van der Waals surface area contributed by atoms with E-state index in [1.165, 1.54) is 16.8 Å². The number of methoxy groups -OCH3 is 1. The van der Waals surface area contributed by atoms with Gasteiger partial charge >= 0.3 is 6.03 Å². The van der Waals surface area contributed by atoms with Crippen LogP contribution >= 0.6 is 11.6 Å². The Kier molecular flexibility index (Phi) is 10.6. The fraction of sp³-hybridized carbons (Fsp3) is 0.407. The molecule has 0 spiro atoms. The third kappa shape index (κ3) is 8.89. The fourth-order valence-corrected chi connectivity index (χ4v) is 4.21. The molecule has 0 aliphatic carbocycles. The van der Waals surface area contributed by atoms with Gasteiger partial charge in [0, 0.05) is 20.2 Å². The maximum atomic E-state index is 13.1. The van der Waals surface area contributed by atoms with E-state index in [2.05, 4.69) is 15.3 Å². The van der Waals surface area contributed by atoms with Gasteiger partial charge in [0.2, 0.25) is 0 Å².